The van der Waals surface area contributed by atoms with Crippen molar-refractivity contribution in [2.75, 3.05) is 0 Å². The average molecular weight is 348 g/mol. The summed E-state index contributed by atoms with van der Waals surface area (Å²) in [7, 11) is 0. The Labute approximate surface area is 146 Å². The molecule has 0 spiro atoms. The standard InChI is InChI=1S/C19H12N2O3S/c22-17(12-6-2-1-3-7-12)21-18(23)16(25-19(21)24)10-13-11-20-15-9-5-4-8-14(13)15/h1-11,23H/b13-10+. The van der Waals surface area contributed by atoms with Crippen LogP contribution in [-0.2, 0) is 0 Å². The molecule has 0 saturated heterocycles. The quantitative estimate of drug-likeness (QED) is 0.770. The number of para-hydroxylation sites is 1. The molecule has 0 atom stereocenters. The van der Waals surface area contributed by atoms with Gasteiger partial charge in [-0.2, -0.15) is 0 Å². The van der Waals surface area contributed by atoms with Crippen LogP contribution in [0.3, 0.4) is 0 Å². The van der Waals surface area contributed by atoms with Crippen molar-refractivity contribution < 1.29 is 9.90 Å². The Morgan fingerprint density at radius 2 is 1.80 bits per heavy atom. The number of carbonyl (C=O) groups excluding carboxylic acids is 1. The van der Waals surface area contributed by atoms with Gasteiger partial charge in [0.15, 0.2) is 0 Å². The number of aromatic nitrogens is 1. The zero-order valence-electron chi connectivity index (χ0n) is 12.9. The zero-order chi connectivity index (χ0) is 17.4. The van der Waals surface area contributed by atoms with E-state index in [2.05, 4.69) is 4.99 Å². The largest absolute Gasteiger partial charge is 0.493 e. The van der Waals surface area contributed by atoms with Crippen LogP contribution in [0.15, 0.2) is 64.4 Å². The third-order valence-corrected chi connectivity index (χ3v) is 4.76. The van der Waals surface area contributed by atoms with E-state index in [0.29, 0.717) is 10.4 Å². The second kappa shape index (κ2) is 5.99. The first kappa shape index (κ1) is 15.3. The van der Waals surface area contributed by atoms with Crippen molar-refractivity contribution in [3.63, 3.8) is 0 Å². The number of hydrogen-bond acceptors (Lipinski definition) is 5. The monoisotopic (exact) mass is 348 g/mol. The zero-order valence-corrected chi connectivity index (χ0v) is 13.7. The summed E-state index contributed by atoms with van der Waals surface area (Å²) in [6.45, 7) is 0. The number of thiazole rings is 1. The van der Waals surface area contributed by atoms with Gasteiger partial charge in [-0.3, -0.25) is 14.6 Å². The van der Waals surface area contributed by atoms with Crippen LogP contribution in [0.4, 0.5) is 5.69 Å². The van der Waals surface area contributed by atoms with Crippen molar-refractivity contribution in [2.24, 2.45) is 4.99 Å². The number of aromatic hydroxyl groups is 1. The Kier molecular flexibility index (Phi) is 3.66. The van der Waals surface area contributed by atoms with Crippen LogP contribution in [0.25, 0.3) is 11.6 Å². The molecule has 3 aromatic rings. The molecular weight excluding hydrogens is 336 g/mol. The van der Waals surface area contributed by atoms with E-state index < -0.39 is 10.8 Å². The molecule has 2 heterocycles. The summed E-state index contributed by atoms with van der Waals surface area (Å²) in [6.07, 6.45) is 3.35. The van der Waals surface area contributed by atoms with Crippen molar-refractivity contribution in [3.05, 3.63) is 80.3 Å². The van der Waals surface area contributed by atoms with Crippen molar-refractivity contribution in [1.82, 2.24) is 4.57 Å². The van der Waals surface area contributed by atoms with Gasteiger partial charge in [-0.05, 0) is 24.3 Å². The number of rotatable bonds is 2. The van der Waals surface area contributed by atoms with Crippen LogP contribution < -0.4 is 4.87 Å². The van der Waals surface area contributed by atoms with E-state index in [-0.39, 0.29) is 5.88 Å². The summed E-state index contributed by atoms with van der Waals surface area (Å²) in [5.74, 6) is -0.904. The van der Waals surface area contributed by atoms with Crippen molar-refractivity contribution in [2.45, 2.75) is 0 Å². The second-order valence-corrected chi connectivity index (χ2v) is 6.43. The van der Waals surface area contributed by atoms with E-state index in [9.17, 15) is 14.7 Å². The molecule has 0 aliphatic carbocycles. The van der Waals surface area contributed by atoms with E-state index in [1.165, 1.54) is 0 Å². The highest BCUT2D eigenvalue weighted by Crippen LogP contribution is 2.34. The molecule has 4 rings (SSSR count). The number of aliphatic imine (C=N–C) groups is 1. The number of hydrogen-bond donors (Lipinski definition) is 1. The normalized spacial score (nSPS) is 14.0. The molecule has 1 aliphatic heterocycles. The summed E-state index contributed by atoms with van der Waals surface area (Å²) in [6, 6.07) is 16.0. The number of carbonyl (C=O) groups is 1. The molecule has 25 heavy (non-hydrogen) atoms. The van der Waals surface area contributed by atoms with Crippen molar-refractivity contribution >= 4 is 40.8 Å². The predicted octanol–water partition coefficient (Wildman–Crippen LogP) is 3.56. The van der Waals surface area contributed by atoms with Crippen LogP contribution in [0, 0.1) is 0 Å². The van der Waals surface area contributed by atoms with Gasteiger partial charge in [0, 0.05) is 22.9 Å². The minimum absolute atomic E-state index is 0.326. The fourth-order valence-electron chi connectivity index (χ4n) is 2.66. The van der Waals surface area contributed by atoms with E-state index in [1.807, 2.05) is 24.3 Å². The van der Waals surface area contributed by atoms with E-state index in [0.717, 1.165) is 32.7 Å². The first-order valence-electron chi connectivity index (χ1n) is 7.55. The maximum atomic E-state index is 12.5. The minimum atomic E-state index is -0.551. The molecule has 1 aliphatic rings. The van der Waals surface area contributed by atoms with Gasteiger partial charge >= 0.3 is 4.87 Å². The Bertz CT molecular complexity index is 1090. The van der Waals surface area contributed by atoms with Gasteiger partial charge in [0.1, 0.15) is 0 Å². The number of benzene rings is 2. The van der Waals surface area contributed by atoms with Gasteiger partial charge in [-0.25, -0.2) is 4.57 Å². The number of fused-ring (bicyclic) bond motifs is 1. The molecule has 2 aromatic carbocycles. The van der Waals surface area contributed by atoms with Crippen LogP contribution in [0.5, 0.6) is 5.88 Å². The Balaban J connectivity index is 1.77. The van der Waals surface area contributed by atoms with Crippen LogP contribution in [0.2, 0.25) is 0 Å². The molecule has 1 aromatic heterocycles. The maximum Gasteiger partial charge on any atom is 0.317 e. The fourth-order valence-corrected chi connectivity index (χ4v) is 3.48. The first-order chi connectivity index (χ1) is 12.1. The highest BCUT2D eigenvalue weighted by Gasteiger charge is 2.21. The molecule has 0 saturated carbocycles. The maximum absolute atomic E-state index is 12.5. The Hall–Kier alpha value is -3.25. The molecule has 122 valence electrons. The van der Waals surface area contributed by atoms with E-state index >= 15 is 0 Å². The lowest BCUT2D eigenvalue weighted by Crippen LogP contribution is -2.21. The van der Waals surface area contributed by atoms with E-state index in [1.54, 1.807) is 42.6 Å². The summed E-state index contributed by atoms with van der Waals surface area (Å²) >= 11 is 0.824. The van der Waals surface area contributed by atoms with Crippen molar-refractivity contribution in [1.29, 1.82) is 0 Å². The lowest BCUT2D eigenvalue weighted by Gasteiger charge is -2.02. The minimum Gasteiger partial charge on any atom is -0.493 e. The summed E-state index contributed by atoms with van der Waals surface area (Å²) in [5.41, 5.74) is 2.88. The summed E-state index contributed by atoms with van der Waals surface area (Å²) in [5, 5.41) is 10.4. The molecule has 5 nitrogen and oxygen atoms in total. The lowest BCUT2D eigenvalue weighted by molar-refractivity contribution is 0.0948. The van der Waals surface area contributed by atoms with Gasteiger partial charge < -0.3 is 5.11 Å². The predicted molar refractivity (Wildman–Crippen MR) is 98.9 cm³/mol. The van der Waals surface area contributed by atoms with Gasteiger partial charge in [0.2, 0.25) is 5.88 Å². The second-order valence-electron chi connectivity index (χ2n) is 5.44. The lowest BCUT2D eigenvalue weighted by atomic mass is 10.1. The van der Waals surface area contributed by atoms with Crippen molar-refractivity contribution in [3.8, 4) is 5.88 Å². The molecule has 0 bridgehead atoms. The fraction of sp³-hybridized carbons (Fsp3) is 0. The third kappa shape index (κ3) is 2.62. The summed E-state index contributed by atoms with van der Waals surface area (Å²) in [4.78, 5) is 28.8. The molecule has 0 amide bonds. The molecule has 0 fully saturated rings. The molecule has 1 N–H and O–H groups in total. The highest BCUT2D eigenvalue weighted by atomic mass is 32.1. The van der Waals surface area contributed by atoms with Gasteiger partial charge in [0.25, 0.3) is 5.91 Å². The Morgan fingerprint density at radius 3 is 2.60 bits per heavy atom. The number of nitrogens with zero attached hydrogens (tertiary/aromatic N) is 2. The first-order valence-corrected chi connectivity index (χ1v) is 8.36. The van der Waals surface area contributed by atoms with Crippen LogP contribution in [0.1, 0.15) is 20.8 Å². The molecule has 0 radical (unpaired) electrons. The van der Waals surface area contributed by atoms with Crippen LogP contribution >= 0.6 is 11.3 Å². The average Bonchev–Trinajstić information content (AvgIpc) is 3.17. The molecule has 6 heteroatoms. The summed E-state index contributed by atoms with van der Waals surface area (Å²) < 4.78 is 0.796. The third-order valence-electron chi connectivity index (χ3n) is 3.88. The van der Waals surface area contributed by atoms with Gasteiger partial charge in [0.05, 0.1) is 10.6 Å². The molecular formula is C19H12N2O3S. The van der Waals surface area contributed by atoms with E-state index in [4.69, 9.17) is 0 Å². The number of allylic oxidation sites excluding steroid dienone is 1. The highest BCUT2D eigenvalue weighted by molar-refractivity contribution is 7.10. The smallest absolute Gasteiger partial charge is 0.317 e. The van der Waals surface area contributed by atoms with Gasteiger partial charge in [-0.15, -0.1) is 0 Å². The molecule has 0 unspecified atom stereocenters. The Morgan fingerprint density at radius 1 is 1.08 bits per heavy atom. The topological polar surface area (TPSA) is 71.7 Å². The SMILES string of the molecule is O=C(c1ccccc1)n1c(O)c(/C=C2\C=Nc3ccccc32)sc1=O. The van der Waals surface area contributed by atoms with Gasteiger partial charge in [-0.1, -0.05) is 47.7 Å². The van der Waals surface area contributed by atoms with Crippen LogP contribution in [-0.4, -0.2) is 21.8 Å².